The standard InChI is InChI=1S/C21H19F3N6/c1-29-11-12-6-13(7-17(23)20(12)28-29)27-21-19-15(18(24)10-26-21)8-14(9-16(19)22)30-4-2-25-3-5-30/h6-11,25H,2-5H2,1H3,(H,26,27). The first-order valence-corrected chi connectivity index (χ1v) is 9.63. The summed E-state index contributed by atoms with van der Waals surface area (Å²) in [6, 6.07) is 5.98. The van der Waals surface area contributed by atoms with Crippen LogP contribution in [0.4, 0.5) is 30.4 Å². The van der Waals surface area contributed by atoms with Gasteiger partial charge in [0.15, 0.2) is 5.82 Å². The lowest BCUT2D eigenvalue weighted by molar-refractivity contribution is 0.585. The number of halogens is 3. The number of piperazine rings is 1. The highest BCUT2D eigenvalue weighted by atomic mass is 19.1. The topological polar surface area (TPSA) is 58.0 Å². The third-order valence-corrected chi connectivity index (χ3v) is 5.30. The van der Waals surface area contributed by atoms with E-state index in [0.29, 0.717) is 29.9 Å². The van der Waals surface area contributed by atoms with E-state index < -0.39 is 17.5 Å². The van der Waals surface area contributed by atoms with Gasteiger partial charge in [-0.3, -0.25) is 4.68 Å². The molecule has 1 aliphatic rings. The largest absolute Gasteiger partial charge is 0.369 e. The summed E-state index contributed by atoms with van der Waals surface area (Å²) in [6.07, 6.45) is 2.73. The summed E-state index contributed by atoms with van der Waals surface area (Å²) in [7, 11) is 1.70. The third-order valence-electron chi connectivity index (χ3n) is 5.30. The van der Waals surface area contributed by atoms with Crippen molar-refractivity contribution in [3.8, 4) is 0 Å². The van der Waals surface area contributed by atoms with Crippen molar-refractivity contribution in [2.75, 3.05) is 36.4 Å². The molecule has 0 spiro atoms. The van der Waals surface area contributed by atoms with E-state index in [1.54, 1.807) is 25.4 Å². The number of pyridine rings is 1. The highest BCUT2D eigenvalue weighted by Crippen LogP contribution is 2.33. The van der Waals surface area contributed by atoms with Crippen molar-refractivity contribution in [3.05, 3.63) is 54.1 Å². The molecule has 30 heavy (non-hydrogen) atoms. The van der Waals surface area contributed by atoms with Gasteiger partial charge in [-0.25, -0.2) is 18.2 Å². The van der Waals surface area contributed by atoms with E-state index in [4.69, 9.17) is 0 Å². The first kappa shape index (κ1) is 18.7. The van der Waals surface area contributed by atoms with Crippen molar-refractivity contribution < 1.29 is 13.2 Å². The minimum absolute atomic E-state index is 0.0283. The Balaban J connectivity index is 1.58. The van der Waals surface area contributed by atoms with Crippen molar-refractivity contribution in [3.63, 3.8) is 0 Å². The Morgan fingerprint density at radius 1 is 1.00 bits per heavy atom. The van der Waals surface area contributed by atoms with Gasteiger partial charge in [-0.15, -0.1) is 0 Å². The minimum atomic E-state index is -0.611. The lowest BCUT2D eigenvalue weighted by Gasteiger charge is -2.29. The van der Waals surface area contributed by atoms with E-state index in [0.717, 1.165) is 19.3 Å². The zero-order valence-corrected chi connectivity index (χ0v) is 16.2. The van der Waals surface area contributed by atoms with Gasteiger partial charge in [0.25, 0.3) is 0 Å². The molecule has 6 nitrogen and oxygen atoms in total. The Labute approximate surface area is 170 Å². The lowest BCUT2D eigenvalue weighted by Crippen LogP contribution is -2.43. The van der Waals surface area contributed by atoms with Gasteiger partial charge in [-0.2, -0.15) is 5.10 Å². The Hall–Kier alpha value is -3.33. The molecule has 1 fully saturated rings. The first-order valence-electron chi connectivity index (χ1n) is 9.63. The monoisotopic (exact) mass is 412 g/mol. The predicted molar refractivity (Wildman–Crippen MR) is 111 cm³/mol. The summed E-state index contributed by atoms with van der Waals surface area (Å²) in [5.41, 5.74) is 1.24. The Morgan fingerprint density at radius 2 is 1.80 bits per heavy atom. The van der Waals surface area contributed by atoms with Gasteiger partial charge in [-0.1, -0.05) is 0 Å². The molecule has 9 heteroatoms. The van der Waals surface area contributed by atoms with Gasteiger partial charge in [0.2, 0.25) is 0 Å². The summed E-state index contributed by atoms with van der Waals surface area (Å²) in [5, 5.41) is 11.0. The molecule has 0 bridgehead atoms. The van der Waals surface area contributed by atoms with Crippen molar-refractivity contribution in [2.45, 2.75) is 0 Å². The van der Waals surface area contributed by atoms with E-state index in [2.05, 4.69) is 20.7 Å². The van der Waals surface area contributed by atoms with Crippen LogP contribution in [0.25, 0.3) is 21.7 Å². The molecule has 2 N–H and O–H groups in total. The fraction of sp³-hybridized carbons (Fsp3) is 0.238. The fourth-order valence-electron chi connectivity index (χ4n) is 3.90. The third kappa shape index (κ3) is 3.21. The summed E-state index contributed by atoms with van der Waals surface area (Å²) in [5.74, 6) is -1.58. The van der Waals surface area contributed by atoms with Crippen LogP contribution in [0.1, 0.15) is 0 Å². The first-order chi connectivity index (χ1) is 14.5. The highest BCUT2D eigenvalue weighted by Gasteiger charge is 2.18. The molecule has 0 atom stereocenters. The molecule has 0 amide bonds. The van der Waals surface area contributed by atoms with Crippen molar-refractivity contribution in [1.82, 2.24) is 20.1 Å². The molecule has 3 heterocycles. The van der Waals surface area contributed by atoms with E-state index in [1.165, 1.54) is 16.8 Å². The number of fused-ring (bicyclic) bond motifs is 2. The minimum Gasteiger partial charge on any atom is -0.369 e. The van der Waals surface area contributed by atoms with Crippen molar-refractivity contribution in [1.29, 1.82) is 0 Å². The number of hydrogen-bond acceptors (Lipinski definition) is 5. The number of aryl methyl sites for hydroxylation is 1. The second kappa shape index (κ2) is 7.17. The van der Waals surface area contributed by atoms with Gasteiger partial charge in [0.1, 0.15) is 23.0 Å². The maximum atomic E-state index is 15.1. The summed E-state index contributed by atoms with van der Waals surface area (Å²) >= 11 is 0. The molecule has 154 valence electrons. The second-order valence-electron chi connectivity index (χ2n) is 7.37. The quantitative estimate of drug-likeness (QED) is 0.538. The second-order valence-corrected chi connectivity index (χ2v) is 7.37. The normalized spacial score (nSPS) is 14.6. The van der Waals surface area contributed by atoms with Crippen molar-refractivity contribution >= 4 is 38.9 Å². The molecule has 0 radical (unpaired) electrons. The van der Waals surface area contributed by atoms with Crippen LogP contribution >= 0.6 is 0 Å². The van der Waals surface area contributed by atoms with E-state index in [9.17, 15) is 8.78 Å². The number of rotatable bonds is 3. The van der Waals surface area contributed by atoms with E-state index in [-0.39, 0.29) is 22.1 Å². The number of nitrogens with one attached hydrogen (secondary N) is 2. The highest BCUT2D eigenvalue weighted by molar-refractivity contribution is 5.97. The fourth-order valence-corrected chi connectivity index (χ4v) is 3.90. The number of benzene rings is 2. The van der Waals surface area contributed by atoms with Crippen LogP contribution in [0.5, 0.6) is 0 Å². The zero-order chi connectivity index (χ0) is 20.8. The van der Waals surface area contributed by atoms with Crippen LogP contribution in [0.2, 0.25) is 0 Å². The van der Waals surface area contributed by atoms with E-state index in [1.807, 2.05) is 4.90 Å². The molecule has 2 aromatic carbocycles. The summed E-state index contributed by atoms with van der Waals surface area (Å²) in [6.45, 7) is 3.00. The van der Waals surface area contributed by atoms with Gasteiger partial charge in [-0.05, 0) is 24.3 Å². The van der Waals surface area contributed by atoms with Crippen LogP contribution < -0.4 is 15.5 Å². The zero-order valence-electron chi connectivity index (χ0n) is 16.2. The predicted octanol–water partition coefficient (Wildman–Crippen LogP) is 3.69. The Kier molecular flexibility index (Phi) is 4.47. The molecule has 0 saturated carbocycles. The molecular weight excluding hydrogens is 393 g/mol. The molecule has 0 aliphatic carbocycles. The maximum absolute atomic E-state index is 15.1. The van der Waals surface area contributed by atoms with Gasteiger partial charge in [0.05, 0.1) is 11.6 Å². The molecule has 2 aromatic heterocycles. The number of nitrogens with zero attached hydrogens (tertiary/aromatic N) is 4. The summed E-state index contributed by atoms with van der Waals surface area (Å²) in [4.78, 5) is 6.04. The number of hydrogen-bond donors (Lipinski definition) is 2. The number of anilines is 3. The van der Waals surface area contributed by atoms with Gasteiger partial charge in [0, 0.05) is 61.6 Å². The van der Waals surface area contributed by atoms with Crippen LogP contribution in [0.15, 0.2) is 36.7 Å². The average Bonchev–Trinajstić information content (AvgIpc) is 3.11. The Bertz CT molecular complexity index is 1260. The SMILES string of the molecule is Cn1cc2cc(Nc3ncc(F)c4cc(N5CCNCC5)cc(F)c34)cc(F)c2n1. The molecular formula is C21H19F3N6. The van der Waals surface area contributed by atoms with Crippen LogP contribution in [-0.4, -0.2) is 40.9 Å². The summed E-state index contributed by atoms with van der Waals surface area (Å²) < 4.78 is 45.6. The molecule has 0 unspecified atom stereocenters. The lowest BCUT2D eigenvalue weighted by atomic mass is 10.1. The van der Waals surface area contributed by atoms with Crippen LogP contribution in [0, 0.1) is 17.5 Å². The molecule has 1 aliphatic heterocycles. The van der Waals surface area contributed by atoms with Gasteiger partial charge >= 0.3 is 0 Å². The van der Waals surface area contributed by atoms with E-state index >= 15 is 4.39 Å². The Morgan fingerprint density at radius 3 is 2.60 bits per heavy atom. The molecule has 5 rings (SSSR count). The maximum Gasteiger partial charge on any atom is 0.153 e. The number of aromatic nitrogens is 3. The molecule has 1 saturated heterocycles. The van der Waals surface area contributed by atoms with Crippen molar-refractivity contribution in [2.24, 2.45) is 7.05 Å². The smallest absolute Gasteiger partial charge is 0.153 e. The van der Waals surface area contributed by atoms with Crippen LogP contribution in [-0.2, 0) is 7.05 Å². The average molecular weight is 412 g/mol. The molecule has 4 aromatic rings. The van der Waals surface area contributed by atoms with Crippen LogP contribution in [0.3, 0.4) is 0 Å². The van der Waals surface area contributed by atoms with Gasteiger partial charge < -0.3 is 15.5 Å².